The fraction of sp³-hybridized carbons (Fsp3) is 0.348. The second kappa shape index (κ2) is 10.1. The lowest BCUT2D eigenvalue weighted by Crippen LogP contribution is -2.39. The molecule has 5 nitrogen and oxygen atoms in total. The molecule has 2 aromatic rings. The number of rotatable bonds is 5. The van der Waals surface area contributed by atoms with Gasteiger partial charge in [0.25, 0.3) is 0 Å². The highest BCUT2D eigenvalue weighted by atomic mass is 35.5. The minimum Gasteiger partial charge on any atom is -0.333 e. The topological polar surface area (TPSA) is 73.2 Å². The summed E-state index contributed by atoms with van der Waals surface area (Å²) in [6.07, 6.45) is 4.47. The lowest BCUT2D eigenvalue weighted by Gasteiger charge is -2.24. The molecule has 0 aliphatic carbocycles. The zero-order chi connectivity index (χ0) is 20.6. The Balaban J connectivity index is 1.67. The molecule has 1 fully saturated rings. The quantitative estimate of drug-likeness (QED) is 0.775. The van der Waals surface area contributed by atoms with Gasteiger partial charge in [-0.15, -0.1) is 0 Å². The van der Waals surface area contributed by atoms with Gasteiger partial charge in [-0.2, -0.15) is 5.26 Å². The van der Waals surface area contributed by atoms with E-state index in [1.807, 2.05) is 30.3 Å². The molecule has 1 aliphatic rings. The van der Waals surface area contributed by atoms with E-state index in [4.69, 9.17) is 11.6 Å². The van der Waals surface area contributed by atoms with Crippen LogP contribution in [0.4, 0.5) is 5.69 Å². The molecule has 2 amide bonds. The SMILES string of the molecule is N#CC(c1ccccc1)c1ccc(NC(=O)CN2CCCCCCC2=O)cc1Cl. The third kappa shape index (κ3) is 5.58. The highest BCUT2D eigenvalue weighted by Crippen LogP contribution is 2.31. The van der Waals surface area contributed by atoms with Crippen molar-refractivity contribution in [3.8, 4) is 6.07 Å². The molecule has 150 valence electrons. The number of amides is 2. The van der Waals surface area contributed by atoms with Crippen LogP contribution in [0.25, 0.3) is 0 Å². The van der Waals surface area contributed by atoms with Crippen LogP contribution in [0.2, 0.25) is 5.02 Å². The summed E-state index contributed by atoms with van der Waals surface area (Å²) in [6.45, 7) is 0.663. The summed E-state index contributed by atoms with van der Waals surface area (Å²) in [5, 5.41) is 12.8. The predicted molar refractivity (Wildman–Crippen MR) is 114 cm³/mol. The molecule has 3 rings (SSSR count). The number of hydrogen-bond acceptors (Lipinski definition) is 3. The molecule has 29 heavy (non-hydrogen) atoms. The summed E-state index contributed by atoms with van der Waals surface area (Å²) >= 11 is 6.42. The predicted octanol–water partition coefficient (Wildman–Crippen LogP) is 4.73. The van der Waals surface area contributed by atoms with Crippen molar-refractivity contribution in [2.24, 2.45) is 0 Å². The number of carbonyl (C=O) groups excluding carboxylic acids is 2. The van der Waals surface area contributed by atoms with Gasteiger partial charge in [-0.1, -0.05) is 60.8 Å². The van der Waals surface area contributed by atoms with E-state index >= 15 is 0 Å². The maximum absolute atomic E-state index is 12.4. The zero-order valence-electron chi connectivity index (χ0n) is 16.2. The van der Waals surface area contributed by atoms with Crippen LogP contribution in [0.3, 0.4) is 0 Å². The summed E-state index contributed by atoms with van der Waals surface area (Å²) in [7, 11) is 0. The molecule has 0 aromatic heterocycles. The monoisotopic (exact) mass is 409 g/mol. The van der Waals surface area contributed by atoms with Gasteiger partial charge in [0.15, 0.2) is 0 Å². The zero-order valence-corrected chi connectivity index (χ0v) is 17.0. The lowest BCUT2D eigenvalue weighted by molar-refractivity contribution is -0.135. The minimum absolute atomic E-state index is 0.0351. The van der Waals surface area contributed by atoms with Gasteiger partial charge in [0.1, 0.15) is 0 Å². The highest BCUT2D eigenvalue weighted by molar-refractivity contribution is 6.31. The summed E-state index contributed by atoms with van der Waals surface area (Å²) in [6, 6.07) is 16.9. The van der Waals surface area contributed by atoms with Crippen LogP contribution in [0.1, 0.15) is 49.1 Å². The van der Waals surface area contributed by atoms with Crippen molar-refractivity contribution in [1.29, 1.82) is 5.26 Å². The average molecular weight is 410 g/mol. The summed E-state index contributed by atoms with van der Waals surface area (Å²) < 4.78 is 0. The Kier molecular flexibility index (Phi) is 7.26. The van der Waals surface area contributed by atoms with E-state index in [0.717, 1.165) is 31.2 Å². The molecule has 2 aromatic carbocycles. The molecule has 0 spiro atoms. The number of benzene rings is 2. The van der Waals surface area contributed by atoms with Gasteiger partial charge in [0, 0.05) is 23.7 Å². The molecule has 0 saturated carbocycles. The molecule has 1 atom stereocenters. The molecule has 0 radical (unpaired) electrons. The van der Waals surface area contributed by atoms with Crippen LogP contribution >= 0.6 is 11.6 Å². The Labute approximate surface area is 176 Å². The van der Waals surface area contributed by atoms with Crippen LogP contribution < -0.4 is 5.32 Å². The van der Waals surface area contributed by atoms with E-state index in [2.05, 4.69) is 11.4 Å². The third-order valence-corrected chi connectivity index (χ3v) is 5.44. The van der Waals surface area contributed by atoms with Gasteiger partial charge in [-0.3, -0.25) is 9.59 Å². The van der Waals surface area contributed by atoms with Crippen LogP contribution in [-0.4, -0.2) is 29.8 Å². The van der Waals surface area contributed by atoms with Crippen molar-refractivity contribution in [3.63, 3.8) is 0 Å². The number of likely N-dealkylation sites (tertiary alicyclic amines) is 1. The molecule has 1 unspecified atom stereocenters. The second-order valence-electron chi connectivity index (χ2n) is 7.24. The largest absolute Gasteiger partial charge is 0.333 e. The van der Waals surface area contributed by atoms with Crippen LogP contribution in [-0.2, 0) is 9.59 Å². The van der Waals surface area contributed by atoms with E-state index in [1.54, 1.807) is 23.1 Å². The van der Waals surface area contributed by atoms with E-state index in [1.165, 1.54) is 0 Å². The van der Waals surface area contributed by atoms with E-state index in [0.29, 0.717) is 29.2 Å². The van der Waals surface area contributed by atoms with Crippen molar-refractivity contribution in [1.82, 2.24) is 4.90 Å². The summed E-state index contributed by atoms with van der Waals surface area (Å²) in [5.41, 5.74) is 2.11. The van der Waals surface area contributed by atoms with E-state index < -0.39 is 5.92 Å². The molecular formula is C23H24ClN3O2. The van der Waals surface area contributed by atoms with Gasteiger partial charge in [-0.05, 0) is 36.1 Å². The molecule has 1 heterocycles. The first-order valence-electron chi connectivity index (χ1n) is 9.90. The Hall–Kier alpha value is -2.84. The Morgan fingerprint density at radius 2 is 1.90 bits per heavy atom. The van der Waals surface area contributed by atoms with Crippen molar-refractivity contribution >= 4 is 29.1 Å². The van der Waals surface area contributed by atoms with E-state index in [9.17, 15) is 14.9 Å². The Morgan fingerprint density at radius 3 is 2.62 bits per heavy atom. The summed E-state index contributed by atoms with van der Waals surface area (Å²) in [4.78, 5) is 26.3. The minimum atomic E-state index is -0.480. The second-order valence-corrected chi connectivity index (χ2v) is 7.64. The average Bonchev–Trinajstić information content (AvgIpc) is 2.71. The summed E-state index contributed by atoms with van der Waals surface area (Å²) in [5.74, 6) is -0.692. The smallest absolute Gasteiger partial charge is 0.243 e. The van der Waals surface area contributed by atoms with Crippen LogP contribution in [0, 0.1) is 11.3 Å². The standard InChI is InChI=1S/C23H24ClN3O2/c24-21-14-18(11-12-19(21)20(15-25)17-8-4-3-5-9-17)26-22(28)16-27-13-7-2-1-6-10-23(27)29/h3-5,8-9,11-12,14,20H,1-2,6-7,10,13,16H2,(H,26,28). The number of nitrogens with zero attached hydrogens (tertiary/aromatic N) is 2. The molecule has 0 bridgehead atoms. The highest BCUT2D eigenvalue weighted by Gasteiger charge is 2.20. The normalized spacial score (nSPS) is 15.7. The number of halogens is 1. The fourth-order valence-corrected chi connectivity index (χ4v) is 3.85. The molecule has 1 aliphatic heterocycles. The van der Waals surface area contributed by atoms with E-state index in [-0.39, 0.29) is 18.4 Å². The number of anilines is 1. The van der Waals surface area contributed by atoms with Gasteiger partial charge in [0.2, 0.25) is 11.8 Å². The van der Waals surface area contributed by atoms with Gasteiger partial charge in [0.05, 0.1) is 18.5 Å². The number of hydrogen-bond donors (Lipinski definition) is 1. The molecule has 1 N–H and O–H groups in total. The van der Waals surface area contributed by atoms with Crippen LogP contribution in [0.15, 0.2) is 48.5 Å². The fourth-order valence-electron chi connectivity index (χ4n) is 3.56. The first-order chi connectivity index (χ1) is 14.1. The number of carbonyl (C=O) groups is 2. The third-order valence-electron chi connectivity index (χ3n) is 5.11. The van der Waals surface area contributed by atoms with Gasteiger partial charge < -0.3 is 10.2 Å². The maximum atomic E-state index is 12.4. The first-order valence-corrected chi connectivity index (χ1v) is 10.3. The van der Waals surface area contributed by atoms with Gasteiger partial charge >= 0.3 is 0 Å². The Morgan fingerprint density at radius 1 is 1.14 bits per heavy atom. The van der Waals surface area contributed by atoms with Crippen molar-refractivity contribution < 1.29 is 9.59 Å². The first kappa shape index (κ1) is 20.9. The van der Waals surface area contributed by atoms with Gasteiger partial charge in [-0.25, -0.2) is 0 Å². The van der Waals surface area contributed by atoms with Crippen molar-refractivity contribution in [3.05, 3.63) is 64.7 Å². The van der Waals surface area contributed by atoms with Crippen LogP contribution in [0.5, 0.6) is 0 Å². The van der Waals surface area contributed by atoms with Crippen molar-refractivity contribution in [2.75, 3.05) is 18.4 Å². The molecule has 6 heteroatoms. The molecular weight excluding hydrogens is 386 g/mol. The number of nitrogens with one attached hydrogen (secondary N) is 1. The maximum Gasteiger partial charge on any atom is 0.243 e. The number of nitriles is 1. The lowest BCUT2D eigenvalue weighted by atomic mass is 9.92. The Bertz CT molecular complexity index is 908. The van der Waals surface area contributed by atoms with Crippen molar-refractivity contribution in [2.45, 2.75) is 38.0 Å². The molecule has 1 saturated heterocycles.